The van der Waals surface area contributed by atoms with Gasteiger partial charge < -0.3 is 4.90 Å². The van der Waals surface area contributed by atoms with Crippen LogP contribution in [0.2, 0.25) is 0 Å². The second-order valence-corrected chi connectivity index (χ2v) is 4.22. The van der Waals surface area contributed by atoms with Crippen molar-refractivity contribution in [2.24, 2.45) is 0 Å². The van der Waals surface area contributed by atoms with Crippen LogP contribution in [-0.2, 0) is 0 Å². The molecule has 2 rings (SSSR count). The van der Waals surface area contributed by atoms with Gasteiger partial charge in [-0.15, -0.1) is 0 Å². The Morgan fingerprint density at radius 3 is 2.85 bits per heavy atom. The van der Waals surface area contributed by atoms with Crippen molar-refractivity contribution in [1.82, 2.24) is 9.80 Å². The van der Waals surface area contributed by atoms with Crippen LogP contribution in [0.15, 0.2) is 0 Å². The van der Waals surface area contributed by atoms with E-state index in [0.717, 1.165) is 25.0 Å². The van der Waals surface area contributed by atoms with Crippen molar-refractivity contribution in [3.05, 3.63) is 0 Å². The van der Waals surface area contributed by atoms with E-state index >= 15 is 0 Å². The zero-order chi connectivity index (χ0) is 9.26. The Hall–Kier alpha value is -0.570. The predicted octanol–water partition coefficient (Wildman–Crippen LogP) is 1.15. The number of piperazine rings is 1. The molecule has 0 radical (unpaired) electrons. The molecule has 13 heavy (non-hydrogen) atoms. The fraction of sp³-hybridized carbons (Fsp3) is 0.900. The molecule has 0 amide bonds. The molecular weight excluding hydrogens is 162 g/mol. The number of fused-ring (bicyclic) bond motifs is 1. The summed E-state index contributed by atoms with van der Waals surface area (Å²) in [6.45, 7) is 6.51. The van der Waals surface area contributed by atoms with Gasteiger partial charge in [-0.3, -0.25) is 10.3 Å². The molecular formula is C10H19N3. The van der Waals surface area contributed by atoms with Crippen molar-refractivity contribution in [2.75, 3.05) is 26.2 Å². The molecule has 2 saturated heterocycles. The van der Waals surface area contributed by atoms with Crippen molar-refractivity contribution in [2.45, 2.75) is 32.2 Å². The third kappa shape index (κ3) is 1.85. The summed E-state index contributed by atoms with van der Waals surface area (Å²) in [6, 6.07) is 0.739. The van der Waals surface area contributed by atoms with Crippen molar-refractivity contribution in [3.63, 3.8) is 0 Å². The number of nitrogens with one attached hydrogen (secondary N) is 1. The maximum Gasteiger partial charge on any atom is 0.0926 e. The van der Waals surface area contributed by atoms with Crippen molar-refractivity contribution in [1.29, 1.82) is 5.41 Å². The first-order valence-electron chi connectivity index (χ1n) is 5.31. The van der Waals surface area contributed by atoms with Crippen molar-refractivity contribution >= 4 is 5.84 Å². The van der Waals surface area contributed by atoms with Crippen molar-refractivity contribution in [3.8, 4) is 0 Å². The van der Waals surface area contributed by atoms with Gasteiger partial charge in [0.25, 0.3) is 0 Å². The molecule has 2 aliphatic rings. The number of rotatable bonds is 0. The predicted molar refractivity (Wildman–Crippen MR) is 54.2 cm³/mol. The van der Waals surface area contributed by atoms with Crippen LogP contribution >= 0.6 is 0 Å². The first-order chi connectivity index (χ1) is 6.27. The summed E-state index contributed by atoms with van der Waals surface area (Å²) in [4.78, 5) is 4.81. The van der Waals surface area contributed by atoms with Crippen LogP contribution in [0.3, 0.4) is 0 Å². The molecule has 3 heteroatoms. The minimum absolute atomic E-state index is 0.739. The molecule has 0 aromatic carbocycles. The minimum atomic E-state index is 0.739. The summed E-state index contributed by atoms with van der Waals surface area (Å²) < 4.78 is 0. The molecule has 1 N–H and O–H groups in total. The van der Waals surface area contributed by atoms with E-state index < -0.39 is 0 Å². The highest BCUT2D eigenvalue weighted by atomic mass is 15.3. The molecule has 0 spiro atoms. The van der Waals surface area contributed by atoms with Crippen LogP contribution in [0.5, 0.6) is 0 Å². The Morgan fingerprint density at radius 2 is 2.08 bits per heavy atom. The lowest BCUT2D eigenvalue weighted by molar-refractivity contribution is 0.0797. The van der Waals surface area contributed by atoms with E-state index in [4.69, 9.17) is 5.41 Å². The molecule has 2 aliphatic heterocycles. The Morgan fingerprint density at radius 1 is 1.23 bits per heavy atom. The minimum Gasteiger partial charge on any atom is -0.358 e. The summed E-state index contributed by atoms with van der Waals surface area (Å²) in [7, 11) is 0. The Kier molecular flexibility index (Phi) is 2.54. The van der Waals surface area contributed by atoms with Gasteiger partial charge in [-0.2, -0.15) is 0 Å². The highest BCUT2D eigenvalue weighted by Gasteiger charge is 2.28. The molecule has 1 unspecified atom stereocenters. The summed E-state index contributed by atoms with van der Waals surface area (Å²) in [5, 5.41) is 7.60. The molecule has 0 aliphatic carbocycles. The highest BCUT2D eigenvalue weighted by Crippen LogP contribution is 2.20. The number of hydrogen-bond acceptors (Lipinski definition) is 2. The molecule has 74 valence electrons. The Balaban J connectivity index is 1.95. The monoisotopic (exact) mass is 181 g/mol. The number of amidine groups is 1. The second kappa shape index (κ2) is 3.66. The van der Waals surface area contributed by atoms with E-state index in [9.17, 15) is 0 Å². The summed E-state index contributed by atoms with van der Waals surface area (Å²) in [5.41, 5.74) is 0. The van der Waals surface area contributed by atoms with Crippen molar-refractivity contribution < 1.29 is 0 Å². The van der Waals surface area contributed by atoms with Crippen LogP contribution in [0.4, 0.5) is 0 Å². The molecule has 0 aromatic heterocycles. The van der Waals surface area contributed by atoms with Crippen LogP contribution in [-0.4, -0.2) is 47.9 Å². The molecule has 0 bridgehead atoms. The van der Waals surface area contributed by atoms with Crippen LogP contribution in [0, 0.1) is 5.41 Å². The molecule has 2 heterocycles. The third-order valence-corrected chi connectivity index (χ3v) is 3.31. The second-order valence-electron chi connectivity index (χ2n) is 4.22. The van der Waals surface area contributed by atoms with Gasteiger partial charge in [0.05, 0.1) is 5.84 Å². The van der Waals surface area contributed by atoms with E-state index in [1.54, 1.807) is 0 Å². The normalized spacial score (nSPS) is 29.9. The first-order valence-corrected chi connectivity index (χ1v) is 5.31. The zero-order valence-electron chi connectivity index (χ0n) is 8.42. The fourth-order valence-corrected chi connectivity index (χ4v) is 2.46. The number of nitrogens with zero attached hydrogens (tertiary/aromatic N) is 2. The van der Waals surface area contributed by atoms with Gasteiger partial charge in [-0.05, 0) is 26.3 Å². The smallest absolute Gasteiger partial charge is 0.0926 e. The van der Waals surface area contributed by atoms with Gasteiger partial charge >= 0.3 is 0 Å². The van der Waals surface area contributed by atoms with E-state index in [1.807, 2.05) is 6.92 Å². The van der Waals surface area contributed by atoms with Crippen LogP contribution < -0.4 is 0 Å². The van der Waals surface area contributed by atoms with Crippen LogP contribution in [0.1, 0.15) is 26.2 Å². The number of piperidine rings is 1. The van der Waals surface area contributed by atoms with Gasteiger partial charge in [-0.1, -0.05) is 6.42 Å². The maximum atomic E-state index is 7.60. The first kappa shape index (κ1) is 9.00. The Bertz CT molecular complexity index is 202. The van der Waals surface area contributed by atoms with Crippen LogP contribution in [0.25, 0.3) is 0 Å². The lowest BCUT2D eigenvalue weighted by Gasteiger charge is -2.44. The van der Waals surface area contributed by atoms with Gasteiger partial charge in [0.2, 0.25) is 0 Å². The van der Waals surface area contributed by atoms with E-state index in [1.165, 1.54) is 32.4 Å². The van der Waals surface area contributed by atoms with Gasteiger partial charge in [0.1, 0.15) is 0 Å². The average Bonchev–Trinajstić information content (AvgIpc) is 2.17. The molecule has 1 atom stereocenters. The summed E-state index contributed by atoms with van der Waals surface area (Å²) in [6.07, 6.45) is 4.09. The van der Waals surface area contributed by atoms with Gasteiger partial charge in [0.15, 0.2) is 0 Å². The highest BCUT2D eigenvalue weighted by molar-refractivity contribution is 5.76. The average molecular weight is 181 g/mol. The van der Waals surface area contributed by atoms with Gasteiger partial charge in [0, 0.05) is 25.7 Å². The molecule has 3 nitrogen and oxygen atoms in total. The fourth-order valence-electron chi connectivity index (χ4n) is 2.46. The summed E-state index contributed by atoms with van der Waals surface area (Å²) in [5.74, 6) is 0.741. The summed E-state index contributed by atoms with van der Waals surface area (Å²) >= 11 is 0. The van der Waals surface area contributed by atoms with E-state index in [-0.39, 0.29) is 0 Å². The topological polar surface area (TPSA) is 30.3 Å². The maximum absolute atomic E-state index is 7.60. The quantitative estimate of drug-likeness (QED) is 0.449. The van der Waals surface area contributed by atoms with Gasteiger partial charge in [-0.25, -0.2) is 0 Å². The van der Waals surface area contributed by atoms with E-state index in [0.29, 0.717) is 0 Å². The van der Waals surface area contributed by atoms with E-state index in [2.05, 4.69) is 9.80 Å². The lowest BCUT2D eigenvalue weighted by Crippen LogP contribution is -2.55. The molecule has 2 fully saturated rings. The standard InChI is InChI=1S/C10H19N3/c1-9(11)13-7-6-12-5-3-2-4-10(12)8-13/h10-11H,2-8H2,1H3. The largest absolute Gasteiger partial charge is 0.358 e. The Labute approximate surface area is 80.2 Å². The SMILES string of the molecule is CC(=N)N1CCN2CCCCC2C1. The molecule has 0 saturated carbocycles. The third-order valence-electron chi connectivity index (χ3n) is 3.31. The molecule has 0 aromatic rings. The lowest BCUT2D eigenvalue weighted by atomic mass is 9.99. The zero-order valence-corrected chi connectivity index (χ0v) is 8.42. The number of hydrogen-bond donors (Lipinski definition) is 1.